The van der Waals surface area contributed by atoms with E-state index in [1.807, 2.05) is 11.2 Å². The smallest absolute Gasteiger partial charge is 0.152 e. The van der Waals surface area contributed by atoms with Gasteiger partial charge in [-0.3, -0.25) is 0 Å². The summed E-state index contributed by atoms with van der Waals surface area (Å²) in [4.78, 5) is 3.44. The van der Waals surface area contributed by atoms with Gasteiger partial charge in [0, 0.05) is 13.1 Å². The summed E-state index contributed by atoms with van der Waals surface area (Å²) in [6, 6.07) is 2.10. The molecule has 2 N–H and O–H groups in total. The fourth-order valence-corrected chi connectivity index (χ4v) is 5.35. The van der Waals surface area contributed by atoms with Crippen molar-refractivity contribution in [3.63, 3.8) is 0 Å². The molecular weight excluding hydrogens is 302 g/mol. The predicted molar refractivity (Wildman–Crippen MR) is 80.7 cm³/mol. The normalized spacial score (nSPS) is 18.8. The molecule has 1 aliphatic heterocycles. The lowest BCUT2D eigenvalue weighted by atomic mass is 10.3. The Balaban J connectivity index is 2.34. The van der Waals surface area contributed by atoms with Crippen molar-refractivity contribution in [2.45, 2.75) is 11.3 Å². The summed E-state index contributed by atoms with van der Waals surface area (Å²) in [7, 11) is -2.93. The van der Waals surface area contributed by atoms with Crippen molar-refractivity contribution in [3.05, 3.63) is 4.88 Å². The number of rotatable bonds is 2. The fraction of sp³-hybridized carbons (Fsp3) is 0.545. The summed E-state index contributed by atoms with van der Waals surface area (Å²) in [5, 5.41) is 9.97. The van der Waals surface area contributed by atoms with Gasteiger partial charge in [-0.05, 0) is 12.7 Å². The van der Waals surface area contributed by atoms with Crippen molar-refractivity contribution in [2.75, 3.05) is 41.5 Å². The van der Waals surface area contributed by atoms with Crippen molar-refractivity contribution < 1.29 is 8.42 Å². The molecule has 0 saturated carbocycles. The number of nitrogen functional groups attached to an aromatic ring is 1. The van der Waals surface area contributed by atoms with Crippen LogP contribution in [0.1, 0.15) is 11.3 Å². The van der Waals surface area contributed by atoms with Gasteiger partial charge in [0.1, 0.15) is 15.9 Å². The zero-order chi connectivity index (χ0) is 14.0. The molecule has 0 spiro atoms. The van der Waals surface area contributed by atoms with Gasteiger partial charge in [0.15, 0.2) is 9.84 Å². The molecule has 0 aromatic carbocycles. The number of nitrogens with two attached hydrogens (primary N) is 1. The van der Waals surface area contributed by atoms with E-state index in [9.17, 15) is 8.42 Å². The van der Waals surface area contributed by atoms with E-state index in [2.05, 4.69) is 6.07 Å². The fourth-order valence-electron chi connectivity index (χ4n) is 2.05. The zero-order valence-electron chi connectivity index (χ0n) is 10.5. The third kappa shape index (κ3) is 2.99. The van der Waals surface area contributed by atoms with E-state index in [-0.39, 0.29) is 11.5 Å². The average molecular weight is 317 g/mol. The Hall–Kier alpha value is -0.910. The Kier molecular flexibility index (Phi) is 4.28. The average Bonchev–Trinajstić information content (AvgIpc) is 2.57. The Morgan fingerprint density at radius 3 is 2.79 bits per heavy atom. The van der Waals surface area contributed by atoms with Gasteiger partial charge in [-0.2, -0.15) is 5.26 Å². The van der Waals surface area contributed by atoms with Crippen LogP contribution in [-0.2, 0) is 9.84 Å². The van der Waals surface area contributed by atoms with Crippen molar-refractivity contribution in [1.29, 1.82) is 5.26 Å². The lowest BCUT2D eigenvalue weighted by Crippen LogP contribution is -2.26. The summed E-state index contributed by atoms with van der Waals surface area (Å²) in [5.74, 6) is 0.407. The molecule has 1 aromatic heterocycles. The SMILES string of the molecule is CSc1c(N2CCCS(=O)(=O)CC2)sc(C#N)c1N. The summed E-state index contributed by atoms with van der Waals surface area (Å²) < 4.78 is 23.2. The minimum atomic E-state index is -2.93. The Morgan fingerprint density at radius 1 is 1.42 bits per heavy atom. The van der Waals surface area contributed by atoms with E-state index in [0.717, 1.165) is 9.90 Å². The first-order valence-electron chi connectivity index (χ1n) is 5.80. The first-order valence-corrected chi connectivity index (χ1v) is 9.66. The highest BCUT2D eigenvalue weighted by Gasteiger charge is 2.24. The standard InChI is InChI=1S/C11H15N3O2S3/c1-17-10-9(13)8(7-12)18-11(10)14-3-2-5-19(15,16)6-4-14/h2-6,13H2,1H3. The second-order valence-electron chi connectivity index (χ2n) is 4.29. The van der Waals surface area contributed by atoms with Crippen LogP contribution in [0.3, 0.4) is 0 Å². The maximum absolute atomic E-state index is 11.6. The van der Waals surface area contributed by atoms with Crippen molar-refractivity contribution in [1.82, 2.24) is 0 Å². The van der Waals surface area contributed by atoms with Crippen LogP contribution in [0.25, 0.3) is 0 Å². The van der Waals surface area contributed by atoms with Crippen LogP contribution < -0.4 is 10.6 Å². The van der Waals surface area contributed by atoms with E-state index in [1.54, 1.807) is 0 Å². The molecule has 1 saturated heterocycles. The number of anilines is 2. The summed E-state index contributed by atoms with van der Waals surface area (Å²) >= 11 is 2.85. The van der Waals surface area contributed by atoms with Crippen molar-refractivity contribution in [2.24, 2.45) is 0 Å². The number of nitriles is 1. The third-order valence-electron chi connectivity index (χ3n) is 3.03. The van der Waals surface area contributed by atoms with Crippen LogP contribution in [0.5, 0.6) is 0 Å². The summed E-state index contributed by atoms with van der Waals surface area (Å²) in [6.45, 7) is 1.17. The molecule has 2 heterocycles. The first-order chi connectivity index (χ1) is 8.98. The van der Waals surface area contributed by atoms with E-state index in [0.29, 0.717) is 30.1 Å². The van der Waals surface area contributed by atoms with Crippen molar-refractivity contribution >= 4 is 43.6 Å². The number of hydrogen-bond acceptors (Lipinski definition) is 7. The van der Waals surface area contributed by atoms with Gasteiger partial charge in [-0.15, -0.1) is 23.1 Å². The number of thioether (sulfide) groups is 1. The summed E-state index contributed by atoms with van der Waals surface area (Å²) in [5.41, 5.74) is 6.46. The molecule has 1 aliphatic rings. The molecular formula is C11H15N3O2S3. The molecule has 104 valence electrons. The quantitative estimate of drug-likeness (QED) is 0.833. The molecule has 0 atom stereocenters. The van der Waals surface area contributed by atoms with E-state index in [4.69, 9.17) is 11.0 Å². The second kappa shape index (κ2) is 5.61. The molecule has 0 amide bonds. The first kappa shape index (κ1) is 14.5. The van der Waals surface area contributed by atoms with E-state index >= 15 is 0 Å². The van der Waals surface area contributed by atoms with Crippen LogP contribution in [0.2, 0.25) is 0 Å². The number of nitrogens with zero attached hydrogens (tertiary/aromatic N) is 2. The highest BCUT2D eigenvalue weighted by Crippen LogP contribution is 2.43. The molecule has 8 heteroatoms. The van der Waals surface area contributed by atoms with Gasteiger partial charge < -0.3 is 10.6 Å². The molecule has 0 unspecified atom stereocenters. The lowest BCUT2D eigenvalue weighted by molar-refractivity contribution is 0.597. The second-order valence-corrected chi connectivity index (χ2v) is 8.41. The van der Waals surface area contributed by atoms with Crippen LogP contribution in [0.4, 0.5) is 10.7 Å². The molecule has 0 aliphatic carbocycles. The van der Waals surface area contributed by atoms with Gasteiger partial charge in [0.2, 0.25) is 0 Å². The predicted octanol–water partition coefficient (Wildman–Crippen LogP) is 1.55. The van der Waals surface area contributed by atoms with Crippen LogP contribution in [0, 0.1) is 11.3 Å². The molecule has 0 radical (unpaired) electrons. The Labute approximate surface area is 121 Å². The highest BCUT2D eigenvalue weighted by molar-refractivity contribution is 7.99. The largest absolute Gasteiger partial charge is 0.396 e. The van der Waals surface area contributed by atoms with Gasteiger partial charge in [0.25, 0.3) is 0 Å². The van der Waals surface area contributed by atoms with Gasteiger partial charge >= 0.3 is 0 Å². The summed E-state index contributed by atoms with van der Waals surface area (Å²) in [6.07, 6.45) is 2.54. The van der Waals surface area contributed by atoms with Crippen LogP contribution in [0.15, 0.2) is 4.90 Å². The number of thiophene rings is 1. The van der Waals surface area contributed by atoms with Gasteiger partial charge in [-0.1, -0.05) is 0 Å². The third-order valence-corrected chi connectivity index (χ3v) is 6.87. The molecule has 5 nitrogen and oxygen atoms in total. The highest BCUT2D eigenvalue weighted by atomic mass is 32.2. The number of sulfone groups is 1. The van der Waals surface area contributed by atoms with Crippen LogP contribution in [-0.4, -0.2) is 39.3 Å². The topological polar surface area (TPSA) is 87.2 Å². The van der Waals surface area contributed by atoms with E-state index in [1.165, 1.54) is 23.1 Å². The van der Waals surface area contributed by atoms with Gasteiger partial charge in [-0.25, -0.2) is 8.42 Å². The Morgan fingerprint density at radius 2 is 2.16 bits per heavy atom. The molecule has 2 rings (SSSR count). The molecule has 0 bridgehead atoms. The maximum Gasteiger partial charge on any atom is 0.152 e. The molecule has 1 fully saturated rings. The van der Waals surface area contributed by atoms with Crippen molar-refractivity contribution in [3.8, 4) is 6.07 Å². The molecule has 1 aromatic rings. The minimum Gasteiger partial charge on any atom is -0.396 e. The molecule has 19 heavy (non-hydrogen) atoms. The zero-order valence-corrected chi connectivity index (χ0v) is 13.0. The van der Waals surface area contributed by atoms with E-state index < -0.39 is 9.84 Å². The maximum atomic E-state index is 11.6. The monoisotopic (exact) mass is 317 g/mol. The Bertz CT molecular complexity index is 616. The lowest BCUT2D eigenvalue weighted by Gasteiger charge is -2.21. The number of hydrogen-bond donors (Lipinski definition) is 1. The van der Waals surface area contributed by atoms with Crippen LogP contribution >= 0.6 is 23.1 Å². The minimum absolute atomic E-state index is 0.167. The van der Waals surface area contributed by atoms with Gasteiger partial charge in [0.05, 0.1) is 22.1 Å².